The van der Waals surface area contributed by atoms with E-state index in [1.165, 1.54) is 38.9 Å². The molecule has 0 radical (unpaired) electrons. The highest BCUT2D eigenvalue weighted by molar-refractivity contribution is 4.86. The van der Waals surface area contributed by atoms with Gasteiger partial charge in [-0.2, -0.15) is 0 Å². The first-order chi connectivity index (χ1) is 6.81. The van der Waals surface area contributed by atoms with E-state index in [1.54, 1.807) is 0 Å². The molecule has 0 aromatic rings. The summed E-state index contributed by atoms with van der Waals surface area (Å²) in [5.74, 6) is 0.991. The Morgan fingerprint density at radius 2 is 1.86 bits per heavy atom. The predicted octanol–water partition coefficient (Wildman–Crippen LogP) is 2.11. The van der Waals surface area contributed by atoms with Gasteiger partial charge in [0.05, 0.1) is 0 Å². The fraction of sp³-hybridized carbons (Fsp3) is 1.00. The topological polar surface area (TPSA) is 15.3 Å². The summed E-state index contributed by atoms with van der Waals surface area (Å²) in [6.07, 6.45) is 4.24. The molecule has 0 bridgehead atoms. The molecule has 1 aliphatic carbocycles. The Morgan fingerprint density at radius 1 is 1.21 bits per heavy atom. The molecule has 0 aromatic heterocycles. The molecule has 1 fully saturated rings. The summed E-state index contributed by atoms with van der Waals surface area (Å²) >= 11 is 0. The first kappa shape index (κ1) is 12.0. The third-order valence-corrected chi connectivity index (χ3v) is 3.31. The van der Waals surface area contributed by atoms with E-state index in [9.17, 15) is 0 Å². The number of hydrogen-bond donors (Lipinski definition) is 1. The lowest BCUT2D eigenvalue weighted by atomic mass is 10.1. The van der Waals surface area contributed by atoms with E-state index >= 15 is 0 Å². The fourth-order valence-electron chi connectivity index (χ4n) is 2.13. The van der Waals surface area contributed by atoms with E-state index in [1.807, 2.05) is 0 Å². The van der Waals surface area contributed by atoms with Gasteiger partial charge < -0.3 is 10.2 Å². The van der Waals surface area contributed by atoms with Gasteiger partial charge in [0.1, 0.15) is 0 Å². The van der Waals surface area contributed by atoms with Crippen LogP contribution in [0.15, 0.2) is 0 Å². The van der Waals surface area contributed by atoms with E-state index < -0.39 is 0 Å². The molecule has 1 aliphatic rings. The van der Waals surface area contributed by atoms with Crippen LogP contribution in [0, 0.1) is 5.92 Å². The Hall–Kier alpha value is -0.0800. The van der Waals surface area contributed by atoms with Crippen molar-refractivity contribution < 1.29 is 0 Å². The van der Waals surface area contributed by atoms with Crippen molar-refractivity contribution in [3.63, 3.8) is 0 Å². The molecule has 0 aromatic carbocycles. The van der Waals surface area contributed by atoms with E-state index in [2.05, 4.69) is 31.0 Å². The van der Waals surface area contributed by atoms with Gasteiger partial charge in [0, 0.05) is 6.04 Å². The molecule has 0 saturated heterocycles. The second-order valence-electron chi connectivity index (χ2n) is 4.32. The quantitative estimate of drug-likeness (QED) is 0.642. The molecule has 1 rings (SSSR count). The van der Waals surface area contributed by atoms with Crippen molar-refractivity contribution >= 4 is 0 Å². The molecule has 14 heavy (non-hydrogen) atoms. The van der Waals surface area contributed by atoms with Gasteiger partial charge >= 0.3 is 0 Å². The van der Waals surface area contributed by atoms with Crippen molar-refractivity contribution in [2.45, 2.75) is 46.1 Å². The summed E-state index contributed by atoms with van der Waals surface area (Å²) in [7, 11) is 0. The van der Waals surface area contributed by atoms with Crippen LogP contribution in [0.25, 0.3) is 0 Å². The second kappa shape index (κ2) is 6.41. The van der Waals surface area contributed by atoms with Gasteiger partial charge in [0.25, 0.3) is 0 Å². The van der Waals surface area contributed by atoms with Crippen molar-refractivity contribution in [1.82, 2.24) is 10.2 Å². The first-order valence-electron chi connectivity index (χ1n) is 6.27. The van der Waals surface area contributed by atoms with Crippen LogP contribution in [0.2, 0.25) is 0 Å². The first-order valence-corrected chi connectivity index (χ1v) is 6.27. The van der Waals surface area contributed by atoms with Crippen LogP contribution in [0.3, 0.4) is 0 Å². The van der Waals surface area contributed by atoms with E-state index in [0.29, 0.717) is 0 Å². The molecule has 2 heteroatoms. The fourth-order valence-corrected chi connectivity index (χ4v) is 2.13. The van der Waals surface area contributed by atoms with Gasteiger partial charge in [0.15, 0.2) is 0 Å². The minimum absolute atomic E-state index is 0.792. The average molecular weight is 198 g/mol. The molecular weight excluding hydrogens is 172 g/mol. The molecule has 84 valence electrons. The van der Waals surface area contributed by atoms with Crippen molar-refractivity contribution in [3.8, 4) is 0 Å². The van der Waals surface area contributed by atoms with Gasteiger partial charge in [-0.3, -0.25) is 0 Å². The van der Waals surface area contributed by atoms with E-state index in [-0.39, 0.29) is 0 Å². The zero-order valence-corrected chi connectivity index (χ0v) is 10.1. The van der Waals surface area contributed by atoms with Crippen LogP contribution in [-0.2, 0) is 0 Å². The van der Waals surface area contributed by atoms with Gasteiger partial charge in [-0.05, 0) is 51.4 Å². The lowest BCUT2D eigenvalue weighted by Crippen LogP contribution is -2.35. The molecule has 1 saturated carbocycles. The van der Waals surface area contributed by atoms with Crippen LogP contribution >= 0.6 is 0 Å². The van der Waals surface area contributed by atoms with Crippen molar-refractivity contribution in [2.24, 2.45) is 5.92 Å². The Labute approximate surface area is 89.1 Å². The van der Waals surface area contributed by atoms with Gasteiger partial charge in [-0.1, -0.05) is 20.8 Å². The number of hydrogen-bond acceptors (Lipinski definition) is 2. The summed E-state index contributed by atoms with van der Waals surface area (Å²) < 4.78 is 0. The standard InChI is InChI=1S/C12H26N2/c1-4-13-12(11-7-8-11)9-10-14(5-2)6-3/h11-13H,4-10H2,1-3H3. The highest BCUT2D eigenvalue weighted by Crippen LogP contribution is 2.33. The molecule has 0 amide bonds. The average Bonchev–Trinajstić information content (AvgIpc) is 3.01. The molecule has 1 atom stereocenters. The lowest BCUT2D eigenvalue weighted by Gasteiger charge is -2.23. The van der Waals surface area contributed by atoms with Crippen LogP contribution < -0.4 is 5.32 Å². The molecule has 0 spiro atoms. The van der Waals surface area contributed by atoms with E-state index in [4.69, 9.17) is 0 Å². The largest absolute Gasteiger partial charge is 0.314 e. The third kappa shape index (κ3) is 3.97. The number of rotatable bonds is 8. The van der Waals surface area contributed by atoms with Gasteiger partial charge in [-0.25, -0.2) is 0 Å². The smallest absolute Gasteiger partial charge is 0.0107 e. The SMILES string of the molecule is CCNC(CCN(CC)CC)C1CC1. The molecule has 0 heterocycles. The Bertz CT molecular complexity index is 139. The van der Waals surface area contributed by atoms with E-state index in [0.717, 1.165) is 18.5 Å². The summed E-state index contributed by atoms with van der Waals surface area (Å²) in [5.41, 5.74) is 0. The molecule has 0 aliphatic heterocycles. The van der Waals surface area contributed by atoms with Crippen LogP contribution in [-0.4, -0.2) is 37.1 Å². The maximum atomic E-state index is 3.62. The van der Waals surface area contributed by atoms with Crippen LogP contribution in [0.1, 0.15) is 40.0 Å². The minimum Gasteiger partial charge on any atom is -0.314 e. The lowest BCUT2D eigenvalue weighted by molar-refractivity contribution is 0.274. The molecule has 1 unspecified atom stereocenters. The van der Waals surface area contributed by atoms with Crippen molar-refractivity contribution in [2.75, 3.05) is 26.2 Å². The van der Waals surface area contributed by atoms with Crippen LogP contribution in [0.4, 0.5) is 0 Å². The highest BCUT2D eigenvalue weighted by atomic mass is 15.1. The summed E-state index contributed by atoms with van der Waals surface area (Å²) in [5, 5.41) is 3.62. The highest BCUT2D eigenvalue weighted by Gasteiger charge is 2.30. The summed E-state index contributed by atoms with van der Waals surface area (Å²) in [4.78, 5) is 2.52. The Kier molecular flexibility index (Phi) is 5.49. The van der Waals surface area contributed by atoms with Gasteiger partial charge in [0.2, 0.25) is 0 Å². The number of nitrogens with zero attached hydrogens (tertiary/aromatic N) is 1. The maximum Gasteiger partial charge on any atom is 0.0107 e. The predicted molar refractivity (Wildman–Crippen MR) is 62.6 cm³/mol. The summed E-state index contributed by atoms with van der Waals surface area (Å²) in [6, 6.07) is 0.792. The Balaban J connectivity index is 2.17. The normalized spacial score (nSPS) is 18.9. The van der Waals surface area contributed by atoms with Crippen LogP contribution in [0.5, 0.6) is 0 Å². The number of nitrogens with one attached hydrogen (secondary N) is 1. The molecular formula is C12H26N2. The zero-order chi connectivity index (χ0) is 10.4. The van der Waals surface area contributed by atoms with Gasteiger partial charge in [-0.15, -0.1) is 0 Å². The van der Waals surface area contributed by atoms with Crippen molar-refractivity contribution in [1.29, 1.82) is 0 Å². The molecule has 2 nitrogen and oxygen atoms in total. The summed E-state index contributed by atoms with van der Waals surface area (Å²) in [6.45, 7) is 11.5. The molecule has 1 N–H and O–H groups in total. The second-order valence-corrected chi connectivity index (χ2v) is 4.32. The third-order valence-electron chi connectivity index (χ3n) is 3.31. The Morgan fingerprint density at radius 3 is 2.29 bits per heavy atom. The van der Waals surface area contributed by atoms with Crippen molar-refractivity contribution in [3.05, 3.63) is 0 Å². The monoisotopic (exact) mass is 198 g/mol. The maximum absolute atomic E-state index is 3.62. The zero-order valence-electron chi connectivity index (χ0n) is 10.1. The minimum atomic E-state index is 0.792.